The molecule has 6 nitrogen and oxygen atoms in total. The van der Waals surface area contributed by atoms with Crippen LogP contribution in [0.15, 0.2) is 12.3 Å². The third-order valence-corrected chi connectivity index (χ3v) is 4.22. The number of aromatic nitrogens is 3. The normalized spacial score (nSPS) is 21.9. The van der Waals surface area contributed by atoms with Gasteiger partial charge in [0.25, 0.3) is 5.91 Å². The molecule has 6 heteroatoms. The average Bonchev–Trinajstić information content (AvgIpc) is 3.02. The van der Waals surface area contributed by atoms with Gasteiger partial charge in [0.1, 0.15) is 0 Å². The van der Waals surface area contributed by atoms with Gasteiger partial charge in [0.15, 0.2) is 5.65 Å². The highest BCUT2D eigenvalue weighted by Gasteiger charge is 2.26. The lowest BCUT2D eigenvalue weighted by atomic mass is 10.1. The Labute approximate surface area is 123 Å². The van der Waals surface area contributed by atoms with Gasteiger partial charge in [-0.1, -0.05) is 6.42 Å². The van der Waals surface area contributed by atoms with Crippen LogP contribution in [-0.4, -0.2) is 38.4 Å². The molecule has 2 aromatic heterocycles. The summed E-state index contributed by atoms with van der Waals surface area (Å²) in [5.74, 6) is 0.0406. The summed E-state index contributed by atoms with van der Waals surface area (Å²) in [5.41, 5.74) is 2.09. The van der Waals surface area contributed by atoms with Gasteiger partial charge >= 0.3 is 0 Å². The minimum absolute atomic E-state index is 0.127. The highest BCUT2D eigenvalue weighted by molar-refractivity contribution is 6.05. The molecule has 112 valence electrons. The van der Waals surface area contributed by atoms with E-state index in [9.17, 15) is 9.90 Å². The van der Waals surface area contributed by atoms with Crippen molar-refractivity contribution in [2.24, 2.45) is 13.0 Å². The Kier molecular flexibility index (Phi) is 3.63. The van der Waals surface area contributed by atoms with Gasteiger partial charge in [-0.2, -0.15) is 5.10 Å². The monoisotopic (exact) mass is 288 g/mol. The molecule has 2 aromatic rings. The number of carbonyl (C=O) groups is 1. The van der Waals surface area contributed by atoms with Crippen LogP contribution < -0.4 is 5.32 Å². The summed E-state index contributed by atoms with van der Waals surface area (Å²) in [6.07, 6.45) is 4.22. The number of fused-ring (bicyclic) bond motifs is 1. The van der Waals surface area contributed by atoms with Crippen LogP contribution in [0.3, 0.4) is 0 Å². The van der Waals surface area contributed by atoms with Crippen molar-refractivity contribution in [1.82, 2.24) is 20.1 Å². The van der Waals surface area contributed by atoms with Crippen LogP contribution in [0.1, 0.15) is 35.3 Å². The molecule has 1 aliphatic rings. The van der Waals surface area contributed by atoms with Gasteiger partial charge < -0.3 is 10.4 Å². The van der Waals surface area contributed by atoms with E-state index in [0.29, 0.717) is 17.8 Å². The summed E-state index contributed by atoms with van der Waals surface area (Å²) < 4.78 is 1.67. The van der Waals surface area contributed by atoms with Crippen molar-refractivity contribution in [2.45, 2.75) is 32.3 Å². The quantitative estimate of drug-likeness (QED) is 0.888. The number of carbonyl (C=O) groups excluding carboxylic acids is 1. The van der Waals surface area contributed by atoms with Gasteiger partial charge in [-0.05, 0) is 25.8 Å². The Morgan fingerprint density at radius 2 is 2.33 bits per heavy atom. The lowest BCUT2D eigenvalue weighted by molar-refractivity contribution is 0.0918. The molecule has 3 rings (SSSR count). The Bertz CT molecular complexity index is 680. The number of aryl methyl sites for hydroxylation is 2. The van der Waals surface area contributed by atoms with E-state index in [0.717, 1.165) is 30.3 Å². The second-order valence-corrected chi connectivity index (χ2v) is 5.79. The second kappa shape index (κ2) is 5.44. The van der Waals surface area contributed by atoms with E-state index in [-0.39, 0.29) is 17.9 Å². The number of rotatable bonds is 3. The molecule has 0 radical (unpaired) electrons. The van der Waals surface area contributed by atoms with Gasteiger partial charge in [0, 0.05) is 25.2 Å². The lowest BCUT2D eigenvalue weighted by Gasteiger charge is -2.15. The standard InChI is InChI=1S/C15H20N4O2/c1-9-6-11(12-8-17-19(2)14(12)18-9)15(21)16-7-10-4-3-5-13(10)20/h6,8,10,13,20H,3-5,7H2,1-2H3,(H,16,21). The topological polar surface area (TPSA) is 80.0 Å². The number of aliphatic hydroxyl groups is 1. The number of hydrogen-bond acceptors (Lipinski definition) is 4. The van der Waals surface area contributed by atoms with Crippen LogP contribution in [0.4, 0.5) is 0 Å². The fourth-order valence-electron chi connectivity index (χ4n) is 3.00. The SMILES string of the molecule is Cc1cc(C(=O)NCC2CCCC2O)c2cnn(C)c2n1. The molecule has 1 saturated carbocycles. The first-order chi connectivity index (χ1) is 10.1. The maximum Gasteiger partial charge on any atom is 0.252 e. The maximum absolute atomic E-state index is 12.4. The molecule has 0 bridgehead atoms. The predicted octanol–water partition coefficient (Wildman–Crippen LogP) is 1.17. The highest BCUT2D eigenvalue weighted by Crippen LogP contribution is 2.25. The van der Waals surface area contributed by atoms with Crippen LogP contribution in [0.2, 0.25) is 0 Å². The van der Waals surface area contributed by atoms with E-state index in [1.165, 1.54) is 0 Å². The smallest absolute Gasteiger partial charge is 0.252 e. The van der Waals surface area contributed by atoms with E-state index in [1.807, 2.05) is 14.0 Å². The average molecular weight is 288 g/mol. The summed E-state index contributed by atoms with van der Waals surface area (Å²) in [4.78, 5) is 16.8. The van der Waals surface area contributed by atoms with Crippen molar-refractivity contribution in [3.05, 3.63) is 23.5 Å². The summed E-state index contributed by atoms with van der Waals surface area (Å²) in [6.45, 7) is 2.38. The molecule has 0 aliphatic heterocycles. The van der Waals surface area contributed by atoms with Crippen LogP contribution >= 0.6 is 0 Å². The van der Waals surface area contributed by atoms with Gasteiger partial charge in [-0.25, -0.2) is 4.98 Å². The number of amides is 1. The third kappa shape index (κ3) is 2.63. The Morgan fingerprint density at radius 1 is 1.52 bits per heavy atom. The Balaban J connectivity index is 1.81. The first-order valence-corrected chi connectivity index (χ1v) is 7.32. The van der Waals surface area contributed by atoms with Gasteiger partial charge in [-0.15, -0.1) is 0 Å². The van der Waals surface area contributed by atoms with Gasteiger partial charge in [0.2, 0.25) is 0 Å². The summed E-state index contributed by atoms with van der Waals surface area (Å²) in [6, 6.07) is 1.78. The molecule has 2 heterocycles. The molecule has 2 N–H and O–H groups in total. The summed E-state index contributed by atoms with van der Waals surface area (Å²) in [7, 11) is 1.81. The predicted molar refractivity (Wildman–Crippen MR) is 78.9 cm³/mol. The van der Waals surface area contributed by atoms with E-state index >= 15 is 0 Å². The van der Waals surface area contributed by atoms with Crippen LogP contribution in [0.5, 0.6) is 0 Å². The second-order valence-electron chi connectivity index (χ2n) is 5.79. The first-order valence-electron chi connectivity index (χ1n) is 7.32. The van der Waals surface area contributed by atoms with Crippen molar-refractivity contribution < 1.29 is 9.90 Å². The Hall–Kier alpha value is -1.95. The van der Waals surface area contributed by atoms with Crippen molar-refractivity contribution in [1.29, 1.82) is 0 Å². The molecular formula is C15H20N4O2. The minimum atomic E-state index is -0.289. The third-order valence-electron chi connectivity index (χ3n) is 4.22. The maximum atomic E-state index is 12.4. The molecule has 1 amide bonds. The van der Waals surface area contributed by atoms with E-state index in [1.54, 1.807) is 16.9 Å². The molecule has 21 heavy (non-hydrogen) atoms. The highest BCUT2D eigenvalue weighted by atomic mass is 16.3. The van der Waals surface area contributed by atoms with Crippen molar-refractivity contribution in [3.8, 4) is 0 Å². The summed E-state index contributed by atoms with van der Waals surface area (Å²) >= 11 is 0. The molecule has 0 aromatic carbocycles. The first kappa shape index (κ1) is 14.0. The van der Waals surface area contributed by atoms with Crippen molar-refractivity contribution in [3.63, 3.8) is 0 Å². The molecular weight excluding hydrogens is 268 g/mol. The van der Waals surface area contributed by atoms with E-state index in [4.69, 9.17) is 0 Å². The number of pyridine rings is 1. The zero-order chi connectivity index (χ0) is 15.0. The van der Waals surface area contributed by atoms with Gasteiger partial charge in [0.05, 0.1) is 23.3 Å². The van der Waals surface area contributed by atoms with Crippen LogP contribution in [-0.2, 0) is 7.05 Å². The largest absolute Gasteiger partial charge is 0.393 e. The molecule has 2 unspecified atom stereocenters. The minimum Gasteiger partial charge on any atom is -0.393 e. The molecule has 1 fully saturated rings. The zero-order valence-electron chi connectivity index (χ0n) is 12.3. The number of aliphatic hydroxyl groups excluding tert-OH is 1. The van der Waals surface area contributed by atoms with Crippen molar-refractivity contribution in [2.75, 3.05) is 6.54 Å². The van der Waals surface area contributed by atoms with Crippen LogP contribution in [0, 0.1) is 12.8 Å². The summed E-state index contributed by atoms with van der Waals surface area (Å²) in [5, 5.41) is 17.7. The Morgan fingerprint density at radius 3 is 3.05 bits per heavy atom. The lowest BCUT2D eigenvalue weighted by Crippen LogP contribution is -2.32. The van der Waals surface area contributed by atoms with E-state index < -0.39 is 0 Å². The molecule has 1 aliphatic carbocycles. The fraction of sp³-hybridized carbons (Fsp3) is 0.533. The molecule has 0 spiro atoms. The molecule has 0 saturated heterocycles. The number of hydrogen-bond donors (Lipinski definition) is 2. The van der Waals surface area contributed by atoms with E-state index in [2.05, 4.69) is 15.4 Å². The molecule has 2 atom stereocenters. The number of nitrogens with zero attached hydrogens (tertiary/aromatic N) is 3. The fourth-order valence-corrected chi connectivity index (χ4v) is 3.00. The van der Waals surface area contributed by atoms with Gasteiger partial charge in [-0.3, -0.25) is 9.48 Å². The van der Waals surface area contributed by atoms with Crippen molar-refractivity contribution >= 4 is 16.9 Å². The number of nitrogens with one attached hydrogen (secondary N) is 1. The van der Waals surface area contributed by atoms with Crippen LogP contribution in [0.25, 0.3) is 11.0 Å². The zero-order valence-corrected chi connectivity index (χ0v) is 12.3.